The molecule has 3 heterocycles. The molecular weight excluding hydrogens is 429 g/mol. The third kappa shape index (κ3) is 5.04. The number of halogens is 2. The van der Waals surface area contributed by atoms with Gasteiger partial charge in [-0.05, 0) is 37.2 Å². The maximum atomic E-state index is 13.4. The minimum atomic E-state index is -0.488. The number of anilines is 2. The zero-order valence-corrected chi connectivity index (χ0v) is 17.7. The molecule has 1 amide bonds. The molecule has 1 aliphatic heterocycles. The summed E-state index contributed by atoms with van der Waals surface area (Å²) in [5.41, 5.74) is 0.599. The fourth-order valence-electron chi connectivity index (χ4n) is 3.19. The average Bonchev–Trinajstić information content (AvgIpc) is 3.20. The second-order valence-electron chi connectivity index (χ2n) is 6.87. The van der Waals surface area contributed by atoms with Crippen molar-refractivity contribution in [3.8, 4) is 0 Å². The summed E-state index contributed by atoms with van der Waals surface area (Å²) in [7, 11) is 0. The van der Waals surface area contributed by atoms with Crippen molar-refractivity contribution in [2.45, 2.75) is 6.42 Å². The van der Waals surface area contributed by atoms with Crippen LogP contribution in [0.3, 0.4) is 0 Å². The number of morpholine rings is 1. The summed E-state index contributed by atoms with van der Waals surface area (Å²) in [6.07, 6.45) is 2.31. The van der Waals surface area contributed by atoms with E-state index in [9.17, 15) is 9.18 Å². The Kier molecular flexibility index (Phi) is 6.73. The van der Waals surface area contributed by atoms with Gasteiger partial charge in [0.2, 0.25) is 0 Å². The summed E-state index contributed by atoms with van der Waals surface area (Å²) in [4.78, 5) is 24.7. The van der Waals surface area contributed by atoms with E-state index >= 15 is 0 Å². The Morgan fingerprint density at radius 1 is 1.27 bits per heavy atom. The summed E-state index contributed by atoms with van der Waals surface area (Å²) in [6.45, 7) is 4.98. The fraction of sp³-hybridized carbons (Fsp3) is 0.350. The predicted octanol–water partition coefficient (Wildman–Crippen LogP) is 3.68. The van der Waals surface area contributed by atoms with Crippen molar-refractivity contribution in [3.05, 3.63) is 46.3 Å². The van der Waals surface area contributed by atoms with Crippen molar-refractivity contribution in [2.24, 2.45) is 0 Å². The summed E-state index contributed by atoms with van der Waals surface area (Å²) in [5.74, 6) is -0.0841. The van der Waals surface area contributed by atoms with E-state index in [2.05, 4.69) is 25.5 Å². The Hall–Kier alpha value is -2.33. The molecule has 1 aliphatic rings. The van der Waals surface area contributed by atoms with E-state index in [-0.39, 0.29) is 10.9 Å². The van der Waals surface area contributed by atoms with Crippen LogP contribution in [0.15, 0.2) is 30.6 Å². The first-order chi connectivity index (χ1) is 14.6. The van der Waals surface area contributed by atoms with Crippen molar-refractivity contribution >= 4 is 50.6 Å². The summed E-state index contributed by atoms with van der Waals surface area (Å²) in [6, 6.07) is 6.11. The van der Waals surface area contributed by atoms with Crippen LogP contribution in [-0.2, 0) is 4.74 Å². The second-order valence-corrected chi connectivity index (χ2v) is 8.31. The number of carbonyl (C=O) groups is 1. The first-order valence-corrected chi connectivity index (χ1v) is 10.8. The van der Waals surface area contributed by atoms with Crippen LogP contribution >= 0.6 is 22.9 Å². The van der Waals surface area contributed by atoms with Crippen LogP contribution in [0.2, 0.25) is 5.02 Å². The highest BCUT2D eigenvalue weighted by atomic mass is 35.5. The molecular formula is C20H21ClFN5O2S. The third-order valence-corrected chi connectivity index (χ3v) is 6.11. The van der Waals surface area contributed by atoms with Gasteiger partial charge in [0.25, 0.3) is 5.91 Å². The van der Waals surface area contributed by atoms with Crippen molar-refractivity contribution < 1.29 is 13.9 Å². The molecule has 0 atom stereocenters. The molecule has 0 aliphatic carbocycles. The van der Waals surface area contributed by atoms with E-state index in [4.69, 9.17) is 16.3 Å². The molecule has 7 nitrogen and oxygen atoms in total. The van der Waals surface area contributed by atoms with Gasteiger partial charge >= 0.3 is 0 Å². The number of hydrogen-bond acceptors (Lipinski definition) is 7. The van der Waals surface area contributed by atoms with Crippen LogP contribution < -0.4 is 10.6 Å². The number of aromatic nitrogens is 2. The maximum Gasteiger partial charge on any atom is 0.261 e. The molecule has 10 heteroatoms. The molecule has 1 aromatic carbocycles. The quantitative estimate of drug-likeness (QED) is 0.536. The van der Waals surface area contributed by atoms with E-state index in [1.54, 1.807) is 12.1 Å². The van der Waals surface area contributed by atoms with Crippen LogP contribution in [0.5, 0.6) is 0 Å². The Bertz CT molecular complexity index is 1040. The number of amides is 1. The topological polar surface area (TPSA) is 79.4 Å². The van der Waals surface area contributed by atoms with E-state index < -0.39 is 5.82 Å². The lowest BCUT2D eigenvalue weighted by atomic mass is 10.3. The maximum absolute atomic E-state index is 13.4. The SMILES string of the molecule is O=C(NCCCN1CCOCC1)c1cc2c(Nc3ccc(F)c(Cl)c3)ncnc2s1. The number of fused-ring (bicyclic) bond motifs is 1. The van der Waals surface area contributed by atoms with Gasteiger partial charge in [-0.1, -0.05) is 11.6 Å². The van der Waals surface area contributed by atoms with Gasteiger partial charge in [0.15, 0.2) is 0 Å². The number of carbonyl (C=O) groups excluding carboxylic acids is 1. The zero-order valence-electron chi connectivity index (χ0n) is 16.2. The van der Waals surface area contributed by atoms with Gasteiger partial charge in [0.05, 0.1) is 28.5 Å². The summed E-state index contributed by atoms with van der Waals surface area (Å²) < 4.78 is 18.7. The number of nitrogens with one attached hydrogen (secondary N) is 2. The van der Waals surface area contributed by atoms with Gasteiger partial charge in [-0.2, -0.15) is 0 Å². The van der Waals surface area contributed by atoms with E-state index in [1.165, 1.54) is 29.8 Å². The molecule has 0 bridgehead atoms. The van der Waals surface area contributed by atoms with Gasteiger partial charge < -0.3 is 15.4 Å². The van der Waals surface area contributed by atoms with Gasteiger partial charge in [-0.3, -0.25) is 9.69 Å². The number of thiophene rings is 1. The predicted molar refractivity (Wildman–Crippen MR) is 116 cm³/mol. The normalized spacial score (nSPS) is 14.7. The number of rotatable bonds is 7. The van der Waals surface area contributed by atoms with Gasteiger partial charge in [0.1, 0.15) is 22.8 Å². The molecule has 1 fully saturated rings. The third-order valence-electron chi connectivity index (χ3n) is 4.78. The second kappa shape index (κ2) is 9.65. The minimum absolute atomic E-state index is 0.0211. The molecule has 2 N–H and O–H groups in total. The molecule has 1 saturated heterocycles. The van der Waals surface area contributed by atoms with Crippen molar-refractivity contribution in [2.75, 3.05) is 44.7 Å². The van der Waals surface area contributed by atoms with E-state index in [0.717, 1.165) is 44.7 Å². The Labute approximate surface area is 182 Å². The lowest BCUT2D eigenvalue weighted by Gasteiger charge is -2.26. The molecule has 3 aromatic rings. The van der Waals surface area contributed by atoms with Crippen LogP contribution in [0.1, 0.15) is 16.1 Å². The highest BCUT2D eigenvalue weighted by Gasteiger charge is 2.15. The van der Waals surface area contributed by atoms with Gasteiger partial charge in [-0.15, -0.1) is 11.3 Å². The largest absolute Gasteiger partial charge is 0.379 e. The lowest BCUT2D eigenvalue weighted by molar-refractivity contribution is 0.0374. The molecule has 0 radical (unpaired) electrons. The van der Waals surface area contributed by atoms with Crippen LogP contribution in [0, 0.1) is 5.82 Å². The first-order valence-electron chi connectivity index (χ1n) is 9.65. The first kappa shape index (κ1) is 20.9. The van der Waals surface area contributed by atoms with Gasteiger partial charge in [0, 0.05) is 25.3 Å². The van der Waals surface area contributed by atoms with Crippen molar-refractivity contribution in [3.63, 3.8) is 0 Å². The molecule has 4 rings (SSSR count). The van der Waals surface area contributed by atoms with E-state index in [1.807, 2.05) is 0 Å². The monoisotopic (exact) mass is 449 g/mol. The average molecular weight is 450 g/mol. The van der Waals surface area contributed by atoms with Crippen LogP contribution in [-0.4, -0.2) is 60.2 Å². The number of hydrogen-bond donors (Lipinski definition) is 2. The highest BCUT2D eigenvalue weighted by Crippen LogP contribution is 2.30. The fourth-order valence-corrected chi connectivity index (χ4v) is 4.29. The molecule has 2 aromatic heterocycles. The number of nitrogens with zero attached hydrogens (tertiary/aromatic N) is 3. The number of ether oxygens (including phenoxy) is 1. The smallest absolute Gasteiger partial charge is 0.261 e. The molecule has 0 saturated carbocycles. The standard InChI is InChI=1S/C20H21ClFN5O2S/c21-15-10-13(2-3-16(15)22)26-18-14-11-17(30-20(14)25-12-24-18)19(28)23-4-1-5-27-6-8-29-9-7-27/h2-3,10-12H,1,4-9H2,(H,23,28)(H,24,25,26). The minimum Gasteiger partial charge on any atom is -0.379 e. The van der Waals surface area contributed by atoms with Crippen molar-refractivity contribution in [1.29, 1.82) is 0 Å². The Balaban J connectivity index is 1.39. The molecule has 0 spiro atoms. The lowest BCUT2D eigenvalue weighted by Crippen LogP contribution is -2.38. The van der Waals surface area contributed by atoms with E-state index in [0.29, 0.717) is 27.8 Å². The highest BCUT2D eigenvalue weighted by molar-refractivity contribution is 7.20. The van der Waals surface area contributed by atoms with Crippen LogP contribution in [0.25, 0.3) is 10.2 Å². The zero-order chi connectivity index (χ0) is 20.9. The Morgan fingerprint density at radius 2 is 2.10 bits per heavy atom. The van der Waals surface area contributed by atoms with Crippen LogP contribution in [0.4, 0.5) is 15.9 Å². The molecule has 158 valence electrons. The summed E-state index contributed by atoms with van der Waals surface area (Å²) >= 11 is 7.15. The van der Waals surface area contributed by atoms with Crippen molar-refractivity contribution in [1.82, 2.24) is 20.2 Å². The molecule has 0 unspecified atom stereocenters. The number of benzene rings is 1. The Morgan fingerprint density at radius 3 is 2.90 bits per heavy atom. The van der Waals surface area contributed by atoms with Gasteiger partial charge in [-0.25, -0.2) is 14.4 Å². The summed E-state index contributed by atoms with van der Waals surface area (Å²) in [5, 5.41) is 6.83. The molecule has 30 heavy (non-hydrogen) atoms.